The number of nitrogens with zero attached hydrogens (tertiary/aromatic N) is 2. The van der Waals surface area contributed by atoms with E-state index in [4.69, 9.17) is 16.3 Å². The minimum Gasteiger partial charge on any atom is -0.508 e. The number of hydrogen-bond donors (Lipinski definition) is 3. The molecule has 3 fully saturated rings. The molecule has 1 saturated carbocycles. The van der Waals surface area contributed by atoms with Gasteiger partial charge in [0.2, 0.25) is 11.8 Å². The number of anilines is 4. The van der Waals surface area contributed by atoms with Gasteiger partial charge in [-0.1, -0.05) is 59.6 Å². The largest absolute Gasteiger partial charge is 0.508 e. The number of benzene rings is 5. The first-order valence-electron chi connectivity index (χ1n) is 18.6. The van der Waals surface area contributed by atoms with Crippen molar-refractivity contribution in [3.63, 3.8) is 0 Å². The SMILES string of the molecule is COc1cc(O)ccc1[C@H]1C2=CC[C@@H]3C(=O)N(c4ccc(Nc5ccccc5)cc4)C(=O)[C@@H]3[C@@H]2C[C@H]2C(=O)N(Nc3ccc(F)cc3)C(=O)[C@@]12c1ccc(Cl)cc1. The standard InChI is InChI=1S/C45H36ClFN4O6/c1-57-38-23-32(52)19-20-34(38)40-33-21-22-35-39(43(55)50(41(35)53)31-17-15-29(16-18-31)48-28-5-3-2-4-6-28)36(33)24-37-42(54)51(49-30-13-11-27(47)12-14-30)44(56)45(37,40)25-7-9-26(46)10-8-25/h2-21,23,35-37,39-40,48-49,52H,22,24H2,1H3/t35-,36+,37-,39-,40+,45+/m0/s1. The van der Waals surface area contributed by atoms with Crippen molar-refractivity contribution in [2.24, 2.45) is 23.7 Å². The number of allylic oxidation sites excluding steroid dienone is 2. The Balaban J connectivity index is 1.17. The summed E-state index contributed by atoms with van der Waals surface area (Å²) in [5.41, 5.74) is 5.53. The lowest BCUT2D eigenvalue weighted by atomic mass is 9.49. The third-order valence-electron chi connectivity index (χ3n) is 12.0. The normalized spacial score (nSPS) is 25.1. The van der Waals surface area contributed by atoms with E-state index in [1.807, 2.05) is 48.5 Å². The third kappa shape index (κ3) is 5.75. The van der Waals surface area contributed by atoms with Crippen LogP contribution in [0.1, 0.15) is 29.9 Å². The van der Waals surface area contributed by atoms with Crippen molar-refractivity contribution in [2.75, 3.05) is 22.8 Å². The van der Waals surface area contributed by atoms with Crippen molar-refractivity contribution in [2.45, 2.75) is 24.2 Å². The number of nitrogens with one attached hydrogen (secondary N) is 2. The number of para-hydroxylation sites is 1. The van der Waals surface area contributed by atoms with Crippen molar-refractivity contribution in [3.8, 4) is 11.5 Å². The van der Waals surface area contributed by atoms with E-state index in [0.717, 1.165) is 22.0 Å². The molecule has 0 radical (unpaired) electrons. The smallest absolute Gasteiger partial charge is 0.260 e. The number of carbonyl (C=O) groups excluding carboxylic acids is 4. The first-order chi connectivity index (χ1) is 27.6. The summed E-state index contributed by atoms with van der Waals surface area (Å²) < 4.78 is 19.8. The average Bonchev–Trinajstić information content (AvgIpc) is 3.60. The van der Waals surface area contributed by atoms with Crippen LogP contribution >= 0.6 is 11.6 Å². The molecule has 2 saturated heterocycles. The Bertz CT molecular complexity index is 2460. The molecule has 3 N–H and O–H groups in total. The maximum absolute atomic E-state index is 15.4. The first kappa shape index (κ1) is 36.2. The number of hydrazine groups is 1. The molecule has 12 heteroatoms. The molecule has 0 bridgehead atoms. The second kappa shape index (κ2) is 13.9. The predicted molar refractivity (Wildman–Crippen MR) is 212 cm³/mol. The highest BCUT2D eigenvalue weighted by atomic mass is 35.5. The fraction of sp³-hybridized carbons (Fsp3) is 0.200. The molecular formula is C45H36ClFN4O6. The van der Waals surface area contributed by atoms with Gasteiger partial charge in [-0.25, -0.2) is 4.39 Å². The topological polar surface area (TPSA) is 128 Å². The second-order valence-corrected chi connectivity index (χ2v) is 15.3. The number of rotatable bonds is 8. The number of carbonyl (C=O) groups is 4. The van der Waals surface area contributed by atoms with Gasteiger partial charge in [0.05, 0.1) is 41.7 Å². The molecule has 6 atom stereocenters. The Morgan fingerprint density at radius 1 is 0.789 bits per heavy atom. The quantitative estimate of drug-likeness (QED) is 0.106. The number of halogens is 2. The third-order valence-corrected chi connectivity index (χ3v) is 12.2. The molecule has 0 unspecified atom stereocenters. The van der Waals surface area contributed by atoms with Gasteiger partial charge in [-0.15, -0.1) is 0 Å². The van der Waals surface area contributed by atoms with Crippen molar-refractivity contribution < 1.29 is 33.4 Å². The number of aromatic hydroxyl groups is 1. The van der Waals surface area contributed by atoms with Crippen LogP contribution in [0.15, 0.2) is 133 Å². The van der Waals surface area contributed by atoms with E-state index in [2.05, 4.69) is 10.7 Å². The van der Waals surface area contributed by atoms with Gasteiger partial charge in [0.1, 0.15) is 17.3 Å². The molecular weight excluding hydrogens is 747 g/mol. The lowest BCUT2D eigenvalue weighted by molar-refractivity contribution is -0.138. The highest BCUT2D eigenvalue weighted by Gasteiger charge is 2.70. The number of phenolic OH excluding ortho intramolecular Hbond substituents is 1. The number of amides is 4. The van der Waals surface area contributed by atoms with Crippen molar-refractivity contribution >= 4 is 58.0 Å². The lowest BCUT2D eigenvalue weighted by Gasteiger charge is -2.50. The van der Waals surface area contributed by atoms with E-state index < -0.39 is 52.6 Å². The number of ether oxygens (including phenoxy) is 1. The lowest BCUT2D eigenvalue weighted by Crippen LogP contribution is -2.53. The molecule has 0 aromatic heterocycles. The summed E-state index contributed by atoms with van der Waals surface area (Å²) in [4.78, 5) is 60.5. The van der Waals surface area contributed by atoms with Crippen LogP contribution in [0.3, 0.4) is 0 Å². The minimum atomic E-state index is -1.60. The molecule has 286 valence electrons. The minimum absolute atomic E-state index is 0.0663. The molecule has 57 heavy (non-hydrogen) atoms. The van der Waals surface area contributed by atoms with Gasteiger partial charge in [0.15, 0.2) is 0 Å². The van der Waals surface area contributed by atoms with Crippen LogP contribution in [0.2, 0.25) is 5.02 Å². The molecule has 10 nitrogen and oxygen atoms in total. The van der Waals surface area contributed by atoms with Crippen molar-refractivity contribution in [1.29, 1.82) is 0 Å². The molecule has 9 rings (SSSR count). The highest BCUT2D eigenvalue weighted by molar-refractivity contribution is 6.30. The summed E-state index contributed by atoms with van der Waals surface area (Å²) >= 11 is 6.39. The van der Waals surface area contributed by atoms with Gasteiger partial charge >= 0.3 is 0 Å². The summed E-state index contributed by atoms with van der Waals surface area (Å²) in [6.07, 6.45) is 2.25. The highest BCUT2D eigenvalue weighted by Crippen LogP contribution is 2.65. The maximum atomic E-state index is 15.4. The Labute approximate surface area is 332 Å². The molecule has 2 aliphatic heterocycles. The van der Waals surface area contributed by atoms with Crippen molar-refractivity contribution in [3.05, 3.63) is 155 Å². The van der Waals surface area contributed by atoms with E-state index in [0.29, 0.717) is 27.5 Å². The predicted octanol–water partition coefficient (Wildman–Crippen LogP) is 8.13. The van der Waals surface area contributed by atoms with Gasteiger partial charge in [-0.3, -0.25) is 29.5 Å². The monoisotopic (exact) mass is 782 g/mol. The molecule has 2 heterocycles. The zero-order chi connectivity index (χ0) is 39.6. The van der Waals surface area contributed by atoms with E-state index >= 15 is 4.79 Å². The van der Waals surface area contributed by atoms with Crippen LogP contribution in [0, 0.1) is 29.5 Å². The average molecular weight is 783 g/mol. The fourth-order valence-electron chi connectivity index (χ4n) is 9.57. The summed E-state index contributed by atoms with van der Waals surface area (Å²) in [6, 6.07) is 33.5. The summed E-state index contributed by atoms with van der Waals surface area (Å²) in [7, 11) is 1.46. The van der Waals surface area contributed by atoms with Crippen molar-refractivity contribution in [1.82, 2.24) is 5.01 Å². The van der Waals surface area contributed by atoms with Gasteiger partial charge in [-0.2, -0.15) is 5.01 Å². The van der Waals surface area contributed by atoms with Gasteiger partial charge in [0.25, 0.3) is 11.8 Å². The van der Waals surface area contributed by atoms with Crippen LogP contribution in [0.25, 0.3) is 0 Å². The zero-order valence-electron chi connectivity index (χ0n) is 30.6. The van der Waals surface area contributed by atoms with E-state index in [9.17, 15) is 23.9 Å². The summed E-state index contributed by atoms with van der Waals surface area (Å²) in [5, 5.41) is 15.3. The maximum Gasteiger partial charge on any atom is 0.260 e. The zero-order valence-corrected chi connectivity index (χ0v) is 31.3. The fourth-order valence-corrected chi connectivity index (χ4v) is 9.70. The Kier molecular flexibility index (Phi) is 8.85. The molecule has 4 amide bonds. The van der Waals surface area contributed by atoms with Gasteiger partial charge in [-0.05, 0) is 103 Å². The number of methoxy groups -OCH3 is 1. The number of phenols is 1. The number of hydrogen-bond acceptors (Lipinski definition) is 8. The van der Waals surface area contributed by atoms with Crippen LogP contribution in [-0.2, 0) is 24.6 Å². The molecule has 4 aliphatic rings. The molecule has 5 aromatic rings. The molecule has 0 spiro atoms. The Hall–Kier alpha value is -6.46. The summed E-state index contributed by atoms with van der Waals surface area (Å²) in [5.74, 6) is -6.16. The molecule has 2 aliphatic carbocycles. The van der Waals surface area contributed by atoms with E-state index in [-0.39, 0.29) is 36.2 Å². The van der Waals surface area contributed by atoms with Gasteiger partial charge in [0, 0.05) is 33.9 Å². The number of fused-ring (bicyclic) bond motifs is 4. The number of imide groups is 2. The Morgan fingerprint density at radius 3 is 2.18 bits per heavy atom. The van der Waals surface area contributed by atoms with Crippen LogP contribution < -0.4 is 20.4 Å². The van der Waals surface area contributed by atoms with E-state index in [1.54, 1.807) is 42.5 Å². The van der Waals surface area contributed by atoms with E-state index in [1.165, 1.54) is 48.4 Å². The molecule has 5 aromatic carbocycles. The first-order valence-corrected chi connectivity index (χ1v) is 19.0. The van der Waals surface area contributed by atoms with Crippen LogP contribution in [0.4, 0.5) is 27.1 Å². The summed E-state index contributed by atoms with van der Waals surface area (Å²) in [6.45, 7) is 0. The second-order valence-electron chi connectivity index (χ2n) is 14.8. The van der Waals surface area contributed by atoms with Crippen LogP contribution in [-0.4, -0.2) is 40.9 Å². The van der Waals surface area contributed by atoms with Crippen LogP contribution in [0.5, 0.6) is 11.5 Å². The van der Waals surface area contributed by atoms with Gasteiger partial charge < -0.3 is 15.2 Å². The Morgan fingerprint density at radius 2 is 1.47 bits per heavy atom.